The lowest BCUT2D eigenvalue weighted by atomic mass is 9.96. The molecule has 1 N–H and O–H groups in total. The predicted octanol–water partition coefficient (Wildman–Crippen LogP) is 1.03. The Balaban J connectivity index is 1.46. The van der Waals surface area contributed by atoms with Crippen molar-refractivity contribution in [1.29, 1.82) is 0 Å². The van der Waals surface area contributed by atoms with Gasteiger partial charge in [-0.1, -0.05) is 19.3 Å². The Bertz CT molecular complexity index is 563. The monoisotopic (exact) mass is 386 g/mol. The minimum Gasteiger partial charge on any atom is -0.340 e. The van der Waals surface area contributed by atoms with E-state index in [2.05, 4.69) is 5.32 Å². The smallest absolute Gasteiger partial charge is 0.282 e. The third kappa shape index (κ3) is 4.77. The summed E-state index contributed by atoms with van der Waals surface area (Å²) in [6.07, 6.45) is 8.05. The summed E-state index contributed by atoms with van der Waals surface area (Å²) in [5.41, 5.74) is 0. The molecular weight excluding hydrogens is 352 g/mol. The largest absolute Gasteiger partial charge is 0.340 e. The van der Waals surface area contributed by atoms with E-state index in [0.717, 1.165) is 51.6 Å². The fourth-order valence-electron chi connectivity index (χ4n) is 4.43. The molecule has 0 radical (unpaired) electrons. The summed E-state index contributed by atoms with van der Waals surface area (Å²) < 4.78 is 28.9. The molecule has 2 heterocycles. The van der Waals surface area contributed by atoms with E-state index in [1.165, 1.54) is 6.42 Å². The molecule has 2 aliphatic heterocycles. The number of rotatable bonds is 6. The Morgan fingerprint density at radius 2 is 1.77 bits per heavy atom. The average molecular weight is 387 g/mol. The maximum absolute atomic E-state index is 12.9. The first-order valence-electron chi connectivity index (χ1n) is 10.2. The quantitative estimate of drug-likeness (QED) is 0.740. The molecule has 150 valence electrons. The first-order valence-corrected chi connectivity index (χ1v) is 11.6. The van der Waals surface area contributed by atoms with Crippen LogP contribution in [-0.4, -0.2) is 80.2 Å². The predicted molar refractivity (Wildman–Crippen MR) is 102 cm³/mol. The molecule has 8 heteroatoms. The minimum atomic E-state index is -3.42. The molecule has 1 amide bonds. The lowest BCUT2D eigenvalue weighted by Crippen LogP contribution is -2.55. The SMILES string of the molecule is CN(C1CCCCC1)S(=O)(=O)N1CCN(C(=O)CCC2CCNC2)CC1. The molecule has 0 spiro atoms. The van der Waals surface area contributed by atoms with Crippen molar-refractivity contribution in [1.82, 2.24) is 18.8 Å². The zero-order chi connectivity index (χ0) is 18.6. The van der Waals surface area contributed by atoms with Crippen LogP contribution in [0.3, 0.4) is 0 Å². The van der Waals surface area contributed by atoms with Gasteiger partial charge in [-0.3, -0.25) is 4.79 Å². The van der Waals surface area contributed by atoms with Gasteiger partial charge in [0.05, 0.1) is 0 Å². The van der Waals surface area contributed by atoms with Crippen molar-refractivity contribution >= 4 is 16.1 Å². The number of hydrogen-bond acceptors (Lipinski definition) is 4. The number of piperazine rings is 1. The Morgan fingerprint density at radius 1 is 1.08 bits per heavy atom. The summed E-state index contributed by atoms with van der Waals surface area (Å²) in [4.78, 5) is 14.3. The van der Waals surface area contributed by atoms with Crippen LogP contribution in [0.25, 0.3) is 0 Å². The van der Waals surface area contributed by atoms with E-state index >= 15 is 0 Å². The van der Waals surface area contributed by atoms with Crippen molar-refractivity contribution < 1.29 is 13.2 Å². The molecule has 0 aromatic heterocycles. The van der Waals surface area contributed by atoms with Gasteiger partial charge in [0.25, 0.3) is 10.2 Å². The van der Waals surface area contributed by atoms with E-state index in [4.69, 9.17) is 0 Å². The Labute approximate surface area is 158 Å². The van der Waals surface area contributed by atoms with Crippen LogP contribution < -0.4 is 5.32 Å². The van der Waals surface area contributed by atoms with E-state index < -0.39 is 10.2 Å². The molecule has 7 nitrogen and oxygen atoms in total. The number of nitrogens with one attached hydrogen (secondary N) is 1. The van der Waals surface area contributed by atoms with Crippen molar-refractivity contribution in [3.05, 3.63) is 0 Å². The van der Waals surface area contributed by atoms with Gasteiger partial charge in [0, 0.05) is 45.7 Å². The fraction of sp³-hybridized carbons (Fsp3) is 0.944. The first-order chi connectivity index (χ1) is 12.5. The second-order valence-electron chi connectivity index (χ2n) is 7.99. The van der Waals surface area contributed by atoms with Crippen molar-refractivity contribution in [2.45, 2.75) is 57.4 Å². The Hall–Kier alpha value is -0.700. The molecule has 0 aromatic carbocycles. The molecule has 0 aromatic rings. The summed E-state index contributed by atoms with van der Waals surface area (Å²) >= 11 is 0. The molecule has 1 atom stereocenters. The summed E-state index contributed by atoms with van der Waals surface area (Å²) in [5, 5.41) is 3.33. The second-order valence-corrected chi connectivity index (χ2v) is 9.98. The highest BCUT2D eigenvalue weighted by atomic mass is 32.2. The first kappa shape index (κ1) is 20.0. The second kappa shape index (κ2) is 8.99. The fourth-order valence-corrected chi connectivity index (χ4v) is 6.01. The van der Waals surface area contributed by atoms with Gasteiger partial charge in [-0.25, -0.2) is 0 Å². The third-order valence-corrected chi connectivity index (χ3v) is 8.34. The summed E-state index contributed by atoms with van der Waals surface area (Å²) in [6, 6.07) is 0.133. The number of carbonyl (C=O) groups is 1. The molecular formula is C18H34N4O3S. The van der Waals surface area contributed by atoms with Gasteiger partial charge in [-0.15, -0.1) is 0 Å². The van der Waals surface area contributed by atoms with E-state index in [-0.39, 0.29) is 11.9 Å². The molecule has 3 rings (SSSR count). The zero-order valence-electron chi connectivity index (χ0n) is 16.0. The van der Waals surface area contributed by atoms with Crippen LogP contribution in [0.15, 0.2) is 0 Å². The highest BCUT2D eigenvalue weighted by molar-refractivity contribution is 7.86. The molecule has 1 saturated carbocycles. The number of amides is 1. The van der Waals surface area contributed by atoms with Crippen LogP contribution in [0.4, 0.5) is 0 Å². The highest BCUT2D eigenvalue weighted by Gasteiger charge is 2.35. The van der Waals surface area contributed by atoms with Gasteiger partial charge in [-0.2, -0.15) is 17.0 Å². The van der Waals surface area contributed by atoms with Crippen LogP contribution in [0.2, 0.25) is 0 Å². The number of carbonyl (C=O) groups excluding carboxylic acids is 1. The Morgan fingerprint density at radius 3 is 2.38 bits per heavy atom. The van der Waals surface area contributed by atoms with Crippen LogP contribution in [0.5, 0.6) is 0 Å². The van der Waals surface area contributed by atoms with Crippen molar-refractivity contribution in [3.63, 3.8) is 0 Å². The van der Waals surface area contributed by atoms with Crippen molar-refractivity contribution in [3.8, 4) is 0 Å². The maximum Gasteiger partial charge on any atom is 0.282 e. The van der Waals surface area contributed by atoms with E-state index in [9.17, 15) is 13.2 Å². The molecule has 2 saturated heterocycles. The van der Waals surface area contributed by atoms with Crippen LogP contribution in [0, 0.1) is 5.92 Å². The van der Waals surface area contributed by atoms with Gasteiger partial charge in [0.2, 0.25) is 5.91 Å². The number of hydrogen-bond donors (Lipinski definition) is 1. The molecule has 1 unspecified atom stereocenters. The third-order valence-electron chi connectivity index (χ3n) is 6.30. The normalized spacial score (nSPS) is 26.5. The number of nitrogens with zero attached hydrogens (tertiary/aromatic N) is 3. The lowest BCUT2D eigenvalue weighted by molar-refractivity contribution is -0.132. The van der Waals surface area contributed by atoms with Crippen LogP contribution in [-0.2, 0) is 15.0 Å². The van der Waals surface area contributed by atoms with Gasteiger partial charge in [-0.05, 0) is 44.7 Å². The van der Waals surface area contributed by atoms with Gasteiger partial charge in [0.1, 0.15) is 0 Å². The highest BCUT2D eigenvalue weighted by Crippen LogP contribution is 2.25. The van der Waals surface area contributed by atoms with E-state index in [1.54, 1.807) is 15.7 Å². The molecule has 3 aliphatic rings. The topological polar surface area (TPSA) is 73.0 Å². The van der Waals surface area contributed by atoms with Gasteiger partial charge >= 0.3 is 0 Å². The maximum atomic E-state index is 12.9. The summed E-state index contributed by atoms with van der Waals surface area (Å²) in [7, 11) is -1.70. The van der Waals surface area contributed by atoms with Crippen molar-refractivity contribution in [2.24, 2.45) is 5.92 Å². The zero-order valence-corrected chi connectivity index (χ0v) is 16.8. The molecule has 0 bridgehead atoms. The molecule has 1 aliphatic carbocycles. The average Bonchev–Trinajstić information content (AvgIpc) is 3.20. The van der Waals surface area contributed by atoms with Gasteiger partial charge < -0.3 is 10.2 Å². The molecule has 26 heavy (non-hydrogen) atoms. The van der Waals surface area contributed by atoms with Crippen LogP contribution in [0.1, 0.15) is 51.4 Å². The Kier molecular flexibility index (Phi) is 6.93. The molecule has 3 fully saturated rings. The summed E-state index contributed by atoms with van der Waals surface area (Å²) in [6.45, 7) is 3.93. The van der Waals surface area contributed by atoms with Crippen LogP contribution >= 0.6 is 0 Å². The van der Waals surface area contributed by atoms with E-state index in [1.807, 2.05) is 4.90 Å². The lowest BCUT2D eigenvalue weighted by Gasteiger charge is -2.38. The standard InChI is InChI=1S/C18H34N4O3S/c1-20(17-5-3-2-4-6-17)26(24,25)22-13-11-21(12-14-22)18(23)8-7-16-9-10-19-15-16/h16-17,19H,2-15H2,1H3. The van der Waals surface area contributed by atoms with E-state index in [0.29, 0.717) is 38.5 Å². The van der Waals surface area contributed by atoms with Gasteiger partial charge in [0.15, 0.2) is 0 Å². The minimum absolute atomic E-state index is 0.133. The summed E-state index contributed by atoms with van der Waals surface area (Å²) in [5.74, 6) is 0.791. The van der Waals surface area contributed by atoms with Crippen molar-refractivity contribution in [2.75, 3.05) is 46.3 Å².